The van der Waals surface area contributed by atoms with Crippen molar-refractivity contribution >= 4 is 17.5 Å². The van der Waals surface area contributed by atoms with Gasteiger partial charge in [0.25, 0.3) is 5.91 Å². The van der Waals surface area contributed by atoms with Gasteiger partial charge in [-0.05, 0) is 60.3 Å². The maximum atomic E-state index is 12.5. The standard InChI is InChI=1S/C26H33N3O3/c1-19(2)26(31)29-13-10-23-18-22(8-9-24(23)29)20-4-6-21(7-5-20)25(30)27-11-3-12-28-14-16-32-17-15-28/h4-9,18-19H,3,10-17H2,1-2H3,(H,27,30). The summed E-state index contributed by atoms with van der Waals surface area (Å²) in [5, 5.41) is 3.02. The molecule has 0 unspecified atom stereocenters. The summed E-state index contributed by atoms with van der Waals surface area (Å²) in [6.07, 6.45) is 1.82. The molecule has 0 atom stereocenters. The van der Waals surface area contributed by atoms with Crippen molar-refractivity contribution in [3.05, 3.63) is 53.6 Å². The number of rotatable bonds is 7. The van der Waals surface area contributed by atoms with Crippen LogP contribution in [0.5, 0.6) is 0 Å². The van der Waals surface area contributed by atoms with Gasteiger partial charge in [0.05, 0.1) is 13.2 Å². The van der Waals surface area contributed by atoms with Crippen LogP contribution in [-0.4, -0.2) is 62.7 Å². The van der Waals surface area contributed by atoms with Gasteiger partial charge in [0.1, 0.15) is 0 Å². The Labute approximate surface area is 190 Å². The number of benzene rings is 2. The van der Waals surface area contributed by atoms with E-state index in [9.17, 15) is 9.59 Å². The largest absolute Gasteiger partial charge is 0.379 e. The highest BCUT2D eigenvalue weighted by molar-refractivity contribution is 5.97. The zero-order chi connectivity index (χ0) is 22.5. The van der Waals surface area contributed by atoms with E-state index in [0.717, 1.165) is 69.0 Å². The van der Waals surface area contributed by atoms with Crippen molar-refractivity contribution in [3.63, 3.8) is 0 Å². The van der Waals surface area contributed by atoms with Crippen LogP contribution in [0.2, 0.25) is 0 Å². The van der Waals surface area contributed by atoms with Crippen molar-refractivity contribution in [1.82, 2.24) is 10.2 Å². The lowest BCUT2D eigenvalue weighted by atomic mass is 10.0. The predicted molar refractivity (Wildman–Crippen MR) is 127 cm³/mol. The molecule has 0 spiro atoms. The minimum Gasteiger partial charge on any atom is -0.379 e. The first-order chi connectivity index (χ1) is 15.5. The number of nitrogens with one attached hydrogen (secondary N) is 1. The Morgan fingerprint density at radius 3 is 2.44 bits per heavy atom. The summed E-state index contributed by atoms with van der Waals surface area (Å²) in [7, 11) is 0. The van der Waals surface area contributed by atoms with Crippen LogP contribution in [0.1, 0.15) is 36.2 Å². The monoisotopic (exact) mass is 435 g/mol. The normalized spacial score (nSPS) is 16.3. The summed E-state index contributed by atoms with van der Waals surface area (Å²) in [6, 6.07) is 14.0. The molecule has 170 valence electrons. The average molecular weight is 436 g/mol. The summed E-state index contributed by atoms with van der Waals surface area (Å²) >= 11 is 0. The second-order valence-electron chi connectivity index (χ2n) is 8.88. The molecule has 4 rings (SSSR count). The fourth-order valence-corrected chi connectivity index (χ4v) is 4.37. The van der Waals surface area contributed by atoms with Crippen molar-refractivity contribution < 1.29 is 14.3 Å². The van der Waals surface area contributed by atoms with Crippen LogP contribution in [-0.2, 0) is 16.0 Å². The topological polar surface area (TPSA) is 61.9 Å². The van der Waals surface area contributed by atoms with Crippen LogP contribution in [0.3, 0.4) is 0 Å². The van der Waals surface area contributed by atoms with Crippen LogP contribution < -0.4 is 10.2 Å². The first kappa shape index (κ1) is 22.5. The number of anilines is 1. The lowest BCUT2D eigenvalue weighted by Crippen LogP contribution is -2.38. The van der Waals surface area contributed by atoms with Gasteiger partial charge < -0.3 is 15.0 Å². The number of ether oxygens (including phenoxy) is 1. The van der Waals surface area contributed by atoms with Crippen molar-refractivity contribution in [1.29, 1.82) is 0 Å². The number of hydrogen-bond acceptors (Lipinski definition) is 4. The minimum absolute atomic E-state index is 0.00122. The summed E-state index contributed by atoms with van der Waals surface area (Å²) in [6.45, 7) is 9.85. The minimum atomic E-state index is -0.0321. The van der Waals surface area contributed by atoms with Gasteiger partial charge >= 0.3 is 0 Å². The van der Waals surface area contributed by atoms with Gasteiger partial charge in [-0.3, -0.25) is 14.5 Å². The van der Waals surface area contributed by atoms with E-state index in [4.69, 9.17) is 4.74 Å². The Bertz CT molecular complexity index is 949. The number of amides is 2. The molecule has 6 heteroatoms. The molecule has 0 bridgehead atoms. The highest BCUT2D eigenvalue weighted by Crippen LogP contribution is 2.33. The molecule has 2 amide bonds. The fraction of sp³-hybridized carbons (Fsp3) is 0.462. The molecule has 0 radical (unpaired) electrons. The molecule has 32 heavy (non-hydrogen) atoms. The summed E-state index contributed by atoms with van der Waals surface area (Å²) in [5.74, 6) is 0.144. The first-order valence-corrected chi connectivity index (χ1v) is 11.7. The maximum absolute atomic E-state index is 12.5. The third-order valence-corrected chi connectivity index (χ3v) is 6.26. The molecule has 1 fully saturated rings. The predicted octanol–water partition coefficient (Wildman–Crippen LogP) is 3.35. The molecule has 0 aliphatic carbocycles. The molecular formula is C26H33N3O3. The van der Waals surface area contributed by atoms with E-state index in [0.29, 0.717) is 12.1 Å². The Morgan fingerprint density at radius 1 is 1.00 bits per heavy atom. The third kappa shape index (κ3) is 5.19. The van der Waals surface area contributed by atoms with Gasteiger partial charge in [-0.25, -0.2) is 0 Å². The molecular weight excluding hydrogens is 402 g/mol. The van der Waals surface area contributed by atoms with Crippen molar-refractivity contribution in [3.8, 4) is 11.1 Å². The maximum Gasteiger partial charge on any atom is 0.251 e. The molecule has 2 aromatic carbocycles. The molecule has 2 aliphatic rings. The Balaban J connectivity index is 1.32. The van der Waals surface area contributed by atoms with Gasteiger partial charge in [-0.2, -0.15) is 0 Å². The summed E-state index contributed by atoms with van der Waals surface area (Å²) < 4.78 is 5.36. The summed E-state index contributed by atoms with van der Waals surface area (Å²) in [4.78, 5) is 29.2. The quantitative estimate of drug-likeness (QED) is 0.678. The number of morpholine rings is 1. The van der Waals surface area contributed by atoms with E-state index < -0.39 is 0 Å². The Kier molecular flexibility index (Phi) is 7.22. The smallest absolute Gasteiger partial charge is 0.251 e. The third-order valence-electron chi connectivity index (χ3n) is 6.26. The van der Waals surface area contributed by atoms with Crippen LogP contribution >= 0.6 is 0 Å². The number of hydrogen-bond donors (Lipinski definition) is 1. The molecule has 1 N–H and O–H groups in total. The number of nitrogens with zero attached hydrogens (tertiary/aromatic N) is 2. The van der Waals surface area contributed by atoms with Crippen LogP contribution in [0.25, 0.3) is 11.1 Å². The zero-order valence-electron chi connectivity index (χ0n) is 19.1. The zero-order valence-corrected chi connectivity index (χ0v) is 19.1. The number of carbonyl (C=O) groups is 2. The Morgan fingerprint density at radius 2 is 1.72 bits per heavy atom. The molecule has 0 aromatic heterocycles. The summed E-state index contributed by atoms with van der Waals surface area (Å²) in [5.41, 5.74) is 5.10. The van der Waals surface area contributed by atoms with Gasteiger partial charge in [-0.1, -0.05) is 32.0 Å². The second kappa shape index (κ2) is 10.3. The van der Waals surface area contributed by atoms with Crippen molar-refractivity contribution in [2.75, 3.05) is 50.8 Å². The molecule has 2 aromatic rings. The highest BCUT2D eigenvalue weighted by Gasteiger charge is 2.26. The molecule has 1 saturated heterocycles. The molecule has 2 heterocycles. The average Bonchev–Trinajstić information content (AvgIpc) is 3.25. The van der Waals surface area contributed by atoms with E-state index >= 15 is 0 Å². The van der Waals surface area contributed by atoms with E-state index in [1.165, 1.54) is 5.56 Å². The fourth-order valence-electron chi connectivity index (χ4n) is 4.37. The highest BCUT2D eigenvalue weighted by atomic mass is 16.5. The number of carbonyl (C=O) groups excluding carboxylic acids is 2. The van der Waals surface area contributed by atoms with Gasteiger partial charge in [0.15, 0.2) is 0 Å². The second-order valence-corrected chi connectivity index (χ2v) is 8.88. The number of fused-ring (bicyclic) bond motifs is 1. The SMILES string of the molecule is CC(C)C(=O)N1CCc2cc(-c3ccc(C(=O)NCCCN4CCOCC4)cc3)ccc21. The van der Waals surface area contributed by atoms with Crippen molar-refractivity contribution in [2.45, 2.75) is 26.7 Å². The van der Waals surface area contributed by atoms with E-state index in [-0.39, 0.29) is 17.7 Å². The van der Waals surface area contributed by atoms with E-state index in [2.05, 4.69) is 22.3 Å². The molecule has 2 aliphatic heterocycles. The Hall–Kier alpha value is -2.70. The molecule has 6 nitrogen and oxygen atoms in total. The van der Waals surface area contributed by atoms with Crippen LogP contribution in [0.4, 0.5) is 5.69 Å². The van der Waals surface area contributed by atoms with E-state index in [1.807, 2.05) is 49.1 Å². The van der Waals surface area contributed by atoms with Gasteiger partial charge in [-0.15, -0.1) is 0 Å². The van der Waals surface area contributed by atoms with Crippen molar-refractivity contribution in [2.24, 2.45) is 5.92 Å². The molecule has 0 saturated carbocycles. The lowest BCUT2D eigenvalue weighted by molar-refractivity contribution is -0.121. The lowest BCUT2D eigenvalue weighted by Gasteiger charge is -2.26. The van der Waals surface area contributed by atoms with Crippen LogP contribution in [0, 0.1) is 5.92 Å². The van der Waals surface area contributed by atoms with E-state index in [1.54, 1.807) is 0 Å². The van der Waals surface area contributed by atoms with Crippen LogP contribution in [0.15, 0.2) is 42.5 Å². The van der Waals surface area contributed by atoms with Gasteiger partial charge in [0, 0.05) is 43.3 Å². The first-order valence-electron chi connectivity index (χ1n) is 11.7. The van der Waals surface area contributed by atoms with Gasteiger partial charge in [0.2, 0.25) is 5.91 Å².